The molecule has 2 aromatic rings. The first-order chi connectivity index (χ1) is 8.41. The fraction of sp³-hybridized carbons (Fsp3) is 0.333. The second kappa shape index (κ2) is 4.41. The van der Waals surface area contributed by atoms with E-state index >= 15 is 0 Å². The van der Waals surface area contributed by atoms with E-state index in [0.29, 0.717) is 5.56 Å². The largest absolute Gasteiger partial charge is 0.298 e. The number of hydrogen-bond donors (Lipinski definition) is 0. The Labute approximate surface area is 107 Å². The lowest BCUT2D eigenvalue weighted by Crippen LogP contribution is -2.22. The molecule has 1 heterocycles. The molecule has 18 heavy (non-hydrogen) atoms. The van der Waals surface area contributed by atoms with E-state index in [0.717, 1.165) is 23.1 Å². The maximum Gasteiger partial charge on any atom is 0.153 e. The van der Waals surface area contributed by atoms with Gasteiger partial charge in [0.25, 0.3) is 0 Å². The van der Waals surface area contributed by atoms with E-state index in [4.69, 9.17) is 0 Å². The summed E-state index contributed by atoms with van der Waals surface area (Å²) in [5.74, 6) is 0. The van der Waals surface area contributed by atoms with Crippen LogP contribution in [0.1, 0.15) is 36.7 Å². The van der Waals surface area contributed by atoms with Crippen molar-refractivity contribution in [1.82, 2.24) is 9.78 Å². The predicted octanol–water partition coefficient (Wildman–Crippen LogP) is 3.43. The molecule has 0 aliphatic heterocycles. The summed E-state index contributed by atoms with van der Waals surface area (Å²) < 4.78 is 1.84. The number of rotatable bonds is 2. The Morgan fingerprint density at radius 3 is 2.56 bits per heavy atom. The maximum atomic E-state index is 11.2. The first-order valence-corrected chi connectivity index (χ1v) is 6.04. The number of aromatic nitrogens is 2. The Balaban J connectivity index is 2.57. The smallest absolute Gasteiger partial charge is 0.153 e. The van der Waals surface area contributed by atoms with Crippen molar-refractivity contribution in [2.75, 3.05) is 0 Å². The van der Waals surface area contributed by atoms with Crippen molar-refractivity contribution < 1.29 is 4.79 Å². The lowest BCUT2D eigenvalue weighted by atomic mass is 10.1. The number of aryl methyl sites for hydroxylation is 1. The summed E-state index contributed by atoms with van der Waals surface area (Å²) in [6.07, 6.45) is 2.68. The Hall–Kier alpha value is -1.90. The van der Waals surface area contributed by atoms with Crippen LogP contribution in [0.5, 0.6) is 0 Å². The normalized spacial score (nSPS) is 11.6. The monoisotopic (exact) mass is 242 g/mol. The van der Waals surface area contributed by atoms with Gasteiger partial charge in [0.1, 0.15) is 5.69 Å². The minimum atomic E-state index is -0.125. The summed E-state index contributed by atoms with van der Waals surface area (Å²) in [6.45, 7) is 8.22. The molecule has 0 unspecified atom stereocenters. The van der Waals surface area contributed by atoms with Gasteiger partial charge in [0.05, 0.1) is 11.1 Å². The molecule has 0 atom stereocenters. The molecule has 0 radical (unpaired) electrons. The summed E-state index contributed by atoms with van der Waals surface area (Å²) in [7, 11) is 0. The fourth-order valence-electron chi connectivity index (χ4n) is 1.83. The molecule has 0 amide bonds. The zero-order valence-corrected chi connectivity index (χ0v) is 11.3. The van der Waals surface area contributed by atoms with E-state index in [1.54, 1.807) is 0 Å². The van der Waals surface area contributed by atoms with E-state index in [1.165, 1.54) is 0 Å². The predicted molar refractivity (Wildman–Crippen MR) is 72.8 cm³/mol. The standard InChI is InChI=1S/C15H18N2O/c1-11-6-5-7-12(8-11)14-13(10-18)9-17(16-14)15(2,3)4/h5-10H,1-4H3. The van der Waals surface area contributed by atoms with Gasteiger partial charge in [0.15, 0.2) is 6.29 Å². The van der Waals surface area contributed by atoms with Crippen molar-refractivity contribution in [3.05, 3.63) is 41.6 Å². The van der Waals surface area contributed by atoms with Gasteiger partial charge in [-0.2, -0.15) is 5.10 Å². The van der Waals surface area contributed by atoms with Crippen LogP contribution in [-0.4, -0.2) is 16.1 Å². The molecule has 0 aliphatic carbocycles. The molecule has 2 rings (SSSR count). The van der Waals surface area contributed by atoms with Gasteiger partial charge in [0.2, 0.25) is 0 Å². The van der Waals surface area contributed by atoms with Crippen LogP contribution in [0.25, 0.3) is 11.3 Å². The first kappa shape index (κ1) is 12.6. The van der Waals surface area contributed by atoms with Gasteiger partial charge in [-0.15, -0.1) is 0 Å². The Kier molecular flexibility index (Phi) is 3.07. The van der Waals surface area contributed by atoms with Gasteiger partial charge in [-0.25, -0.2) is 0 Å². The van der Waals surface area contributed by atoms with Crippen molar-refractivity contribution in [3.8, 4) is 11.3 Å². The van der Waals surface area contributed by atoms with Gasteiger partial charge in [0, 0.05) is 11.8 Å². The van der Waals surface area contributed by atoms with E-state index in [9.17, 15) is 4.79 Å². The number of aldehydes is 1. The van der Waals surface area contributed by atoms with Crippen molar-refractivity contribution in [2.45, 2.75) is 33.2 Å². The van der Waals surface area contributed by atoms with E-state index in [-0.39, 0.29) is 5.54 Å². The van der Waals surface area contributed by atoms with Crippen LogP contribution in [0.4, 0.5) is 0 Å². The second-order valence-corrected chi connectivity index (χ2v) is 5.54. The van der Waals surface area contributed by atoms with E-state index in [1.807, 2.05) is 42.1 Å². The Bertz CT molecular complexity index is 576. The average molecular weight is 242 g/mol. The molecule has 3 nitrogen and oxygen atoms in total. The van der Waals surface area contributed by atoms with Gasteiger partial charge < -0.3 is 0 Å². The molecule has 0 spiro atoms. The number of benzene rings is 1. The number of hydrogen-bond acceptors (Lipinski definition) is 2. The van der Waals surface area contributed by atoms with Crippen LogP contribution in [-0.2, 0) is 5.54 Å². The zero-order chi connectivity index (χ0) is 13.3. The van der Waals surface area contributed by atoms with Gasteiger partial charge in [-0.3, -0.25) is 9.48 Å². The van der Waals surface area contributed by atoms with Gasteiger partial charge >= 0.3 is 0 Å². The van der Waals surface area contributed by atoms with Crippen molar-refractivity contribution >= 4 is 6.29 Å². The average Bonchev–Trinajstić information content (AvgIpc) is 2.72. The molecular weight excluding hydrogens is 224 g/mol. The van der Waals surface area contributed by atoms with Crippen molar-refractivity contribution in [3.63, 3.8) is 0 Å². The highest BCUT2D eigenvalue weighted by atomic mass is 16.1. The Morgan fingerprint density at radius 1 is 1.28 bits per heavy atom. The molecule has 94 valence electrons. The molecular formula is C15H18N2O. The molecule has 3 heteroatoms. The molecule has 0 saturated carbocycles. The number of carbonyl (C=O) groups is 1. The lowest BCUT2D eigenvalue weighted by molar-refractivity contribution is 0.112. The minimum absolute atomic E-state index is 0.125. The highest BCUT2D eigenvalue weighted by Crippen LogP contribution is 2.24. The first-order valence-electron chi connectivity index (χ1n) is 6.04. The molecule has 0 bridgehead atoms. The lowest BCUT2D eigenvalue weighted by Gasteiger charge is -2.18. The summed E-state index contributed by atoms with van der Waals surface area (Å²) in [5.41, 5.74) is 3.41. The molecule has 0 N–H and O–H groups in total. The summed E-state index contributed by atoms with van der Waals surface area (Å²) in [6, 6.07) is 8.04. The molecule has 1 aromatic heterocycles. The summed E-state index contributed by atoms with van der Waals surface area (Å²) in [5, 5.41) is 4.55. The quantitative estimate of drug-likeness (QED) is 0.756. The molecule has 0 saturated heterocycles. The zero-order valence-electron chi connectivity index (χ0n) is 11.3. The third kappa shape index (κ3) is 2.35. The Morgan fingerprint density at radius 2 is 2.00 bits per heavy atom. The maximum absolute atomic E-state index is 11.2. The summed E-state index contributed by atoms with van der Waals surface area (Å²) >= 11 is 0. The van der Waals surface area contributed by atoms with Crippen LogP contribution in [0.2, 0.25) is 0 Å². The minimum Gasteiger partial charge on any atom is -0.298 e. The molecule has 0 aliphatic rings. The third-order valence-corrected chi connectivity index (χ3v) is 2.85. The van der Waals surface area contributed by atoms with Crippen molar-refractivity contribution in [2.24, 2.45) is 0 Å². The van der Waals surface area contributed by atoms with E-state index in [2.05, 4.69) is 25.9 Å². The van der Waals surface area contributed by atoms with E-state index < -0.39 is 0 Å². The van der Waals surface area contributed by atoms with Crippen molar-refractivity contribution in [1.29, 1.82) is 0 Å². The highest BCUT2D eigenvalue weighted by Gasteiger charge is 2.18. The van der Waals surface area contributed by atoms with Crippen LogP contribution >= 0.6 is 0 Å². The van der Waals surface area contributed by atoms with Gasteiger partial charge in [-0.1, -0.05) is 23.8 Å². The van der Waals surface area contributed by atoms with Crippen LogP contribution in [0.3, 0.4) is 0 Å². The van der Waals surface area contributed by atoms with Crippen LogP contribution < -0.4 is 0 Å². The molecule has 1 aromatic carbocycles. The van der Waals surface area contributed by atoms with Gasteiger partial charge in [-0.05, 0) is 33.8 Å². The second-order valence-electron chi connectivity index (χ2n) is 5.54. The topological polar surface area (TPSA) is 34.9 Å². The number of carbonyl (C=O) groups excluding carboxylic acids is 1. The highest BCUT2D eigenvalue weighted by molar-refractivity contribution is 5.85. The molecule has 0 fully saturated rings. The SMILES string of the molecule is Cc1cccc(-c2nn(C(C)(C)C)cc2C=O)c1. The fourth-order valence-corrected chi connectivity index (χ4v) is 1.83. The van der Waals surface area contributed by atoms with Crippen LogP contribution in [0, 0.1) is 6.92 Å². The third-order valence-electron chi connectivity index (χ3n) is 2.85. The summed E-state index contributed by atoms with van der Waals surface area (Å²) in [4.78, 5) is 11.2. The van der Waals surface area contributed by atoms with Crippen LogP contribution in [0.15, 0.2) is 30.5 Å². The number of nitrogens with zero attached hydrogens (tertiary/aromatic N) is 2.